The predicted octanol–water partition coefficient (Wildman–Crippen LogP) is 7.91. The summed E-state index contributed by atoms with van der Waals surface area (Å²) < 4.78 is 5.83. The van der Waals surface area contributed by atoms with Gasteiger partial charge in [-0.2, -0.15) is 0 Å². The number of rotatable bonds is 14. The van der Waals surface area contributed by atoms with Gasteiger partial charge in [0.2, 0.25) is 0 Å². The van der Waals surface area contributed by atoms with Gasteiger partial charge in [0.05, 0.1) is 22.9 Å². The van der Waals surface area contributed by atoms with Crippen LogP contribution in [0.25, 0.3) is 0 Å². The SMILES string of the molecule is CCCCCCCCCCCCOc1cccc(C(=O)Nc2cc(C)ccc2O)c1Cl. The summed E-state index contributed by atoms with van der Waals surface area (Å²) in [7, 11) is 0. The highest BCUT2D eigenvalue weighted by molar-refractivity contribution is 6.35. The van der Waals surface area contributed by atoms with Crippen LogP contribution in [0.3, 0.4) is 0 Å². The number of aryl methyl sites for hydroxylation is 1. The standard InChI is InChI=1S/C26H36ClNO3/c1-3-4-5-6-7-8-9-10-11-12-18-31-24-15-13-14-21(25(24)27)26(30)28-22-19-20(2)16-17-23(22)29/h13-17,19,29H,3-12,18H2,1-2H3,(H,28,30). The van der Waals surface area contributed by atoms with Crippen molar-refractivity contribution in [2.45, 2.75) is 78.1 Å². The van der Waals surface area contributed by atoms with E-state index in [4.69, 9.17) is 16.3 Å². The molecule has 0 aromatic heterocycles. The minimum atomic E-state index is -0.379. The Bertz CT molecular complexity index is 822. The fraction of sp³-hybridized carbons (Fsp3) is 0.500. The highest BCUT2D eigenvalue weighted by atomic mass is 35.5. The molecule has 4 nitrogen and oxygen atoms in total. The first-order valence-corrected chi connectivity index (χ1v) is 11.9. The van der Waals surface area contributed by atoms with Crippen molar-refractivity contribution in [3.8, 4) is 11.5 Å². The van der Waals surface area contributed by atoms with Gasteiger partial charge in [-0.3, -0.25) is 4.79 Å². The molecule has 0 aliphatic rings. The van der Waals surface area contributed by atoms with Gasteiger partial charge in [0.25, 0.3) is 5.91 Å². The highest BCUT2D eigenvalue weighted by Crippen LogP contribution is 2.30. The number of halogens is 1. The lowest BCUT2D eigenvalue weighted by atomic mass is 10.1. The molecule has 2 rings (SSSR count). The third-order valence-electron chi connectivity index (χ3n) is 5.36. The van der Waals surface area contributed by atoms with Gasteiger partial charge < -0.3 is 15.2 Å². The van der Waals surface area contributed by atoms with Crippen LogP contribution in [0.15, 0.2) is 36.4 Å². The van der Waals surface area contributed by atoms with E-state index in [1.165, 1.54) is 51.4 Å². The third-order valence-corrected chi connectivity index (χ3v) is 5.75. The molecule has 0 aliphatic heterocycles. The number of carbonyl (C=O) groups excluding carboxylic acids is 1. The van der Waals surface area contributed by atoms with E-state index in [0.717, 1.165) is 18.4 Å². The normalized spacial score (nSPS) is 10.8. The van der Waals surface area contributed by atoms with E-state index in [1.54, 1.807) is 36.4 Å². The van der Waals surface area contributed by atoms with E-state index in [1.807, 2.05) is 6.92 Å². The molecule has 0 saturated carbocycles. The van der Waals surface area contributed by atoms with Gasteiger partial charge in [0, 0.05) is 0 Å². The lowest BCUT2D eigenvalue weighted by Crippen LogP contribution is -2.13. The molecule has 5 heteroatoms. The molecule has 0 spiro atoms. The van der Waals surface area contributed by atoms with Gasteiger partial charge in [-0.1, -0.05) is 88.4 Å². The van der Waals surface area contributed by atoms with Crippen LogP contribution in [0.5, 0.6) is 11.5 Å². The molecule has 2 aromatic rings. The maximum absolute atomic E-state index is 12.6. The van der Waals surface area contributed by atoms with Crippen LogP contribution in [0.4, 0.5) is 5.69 Å². The van der Waals surface area contributed by atoms with Gasteiger partial charge in [0.15, 0.2) is 0 Å². The topological polar surface area (TPSA) is 58.6 Å². The fourth-order valence-corrected chi connectivity index (χ4v) is 3.78. The number of hydrogen-bond donors (Lipinski definition) is 2. The zero-order chi connectivity index (χ0) is 22.5. The second-order valence-electron chi connectivity index (χ2n) is 8.12. The minimum Gasteiger partial charge on any atom is -0.506 e. The zero-order valence-corrected chi connectivity index (χ0v) is 19.6. The van der Waals surface area contributed by atoms with E-state index in [-0.39, 0.29) is 11.7 Å². The van der Waals surface area contributed by atoms with Gasteiger partial charge in [-0.25, -0.2) is 0 Å². The van der Waals surface area contributed by atoms with Crippen LogP contribution in [-0.4, -0.2) is 17.6 Å². The number of carbonyl (C=O) groups is 1. The smallest absolute Gasteiger partial charge is 0.257 e. The summed E-state index contributed by atoms with van der Waals surface area (Å²) in [4.78, 5) is 12.6. The number of anilines is 1. The molecule has 2 aromatic carbocycles. The Kier molecular flexibility index (Phi) is 11.3. The van der Waals surface area contributed by atoms with Gasteiger partial charge >= 0.3 is 0 Å². The first-order chi connectivity index (χ1) is 15.0. The number of unbranched alkanes of at least 4 members (excludes halogenated alkanes) is 9. The van der Waals surface area contributed by atoms with Crippen molar-refractivity contribution < 1.29 is 14.6 Å². The Morgan fingerprint density at radius 1 is 0.968 bits per heavy atom. The van der Waals surface area contributed by atoms with Crippen molar-refractivity contribution in [3.63, 3.8) is 0 Å². The second-order valence-corrected chi connectivity index (χ2v) is 8.50. The summed E-state index contributed by atoms with van der Waals surface area (Å²) in [5, 5.41) is 13.0. The summed E-state index contributed by atoms with van der Waals surface area (Å²) in [6.07, 6.45) is 12.7. The zero-order valence-electron chi connectivity index (χ0n) is 18.9. The van der Waals surface area contributed by atoms with Crippen LogP contribution in [-0.2, 0) is 0 Å². The molecule has 2 N–H and O–H groups in total. The van der Waals surface area contributed by atoms with Crippen LogP contribution in [0.1, 0.15) is 87.1 Å². The maximum atomic E-state index is 12.6. The van der Waals surface area contributed by atoms with Crippen LogP contribution < -0.4 is 10.1 Å². The van der Waals surface area contributed by atoms with Crippen molar-refractivity contribution in [3.05, 3.63) is 52.5 Å². The first kappa shape index (κ1) is 25.1. The van der Waals surface area contributed by atoms with Gasteiger partial charge in [-0.05, 0) is 43.2 Å². The summed E-state index contributed by atoms with van der Waals surface area (Å²) in [6, 6.07) is 10.2. The summed E-state index contributed by atoms with van der Waals surface area (Å²) in [5.41, 5.74) is 1.62. The molecule has 0 saturated heterocycles. The number of phenolic OH excluding ortho intramolecular Hbond substituents is 1. The van der Waals surface area contributed by atoms with E-state index in [0.29, 0.717) is 28.6 Å². The van der Waals surface area contributed by atoms with Crippen molar-refractivity contribution in [2.75, 3.05) is 11.9 Å². The number of hydrogen-bond acceptors (Lipinski definition) is 3. The van der Waals surface area contributed by atoms with E-state index < -0.39 is 0 Å². The molecular weight excluding hydrogens is 410 g/mol. The average Bonchev–Trinajstić information content (AvgIpc) is 2.75. The molecule has 0 bridgehead atoms. The number of ether oxygens (including phenoxy) is 1. The predicted molar refractivity (Wildman–Crippen MR) is 130 cm³/mol. The molecule has 170 valence electrons. The lowest BCUT2D eigenvalue weighted by molar-refractivity contribution is 0.102. The number of amides is 1. The number of aromatic hydroxyl groups is 1. The molecule has 0 heterocycles. The van der Waals surface area contributed by atoms with Crippen molar-refractivity contribution in [1.82, 2.24) is 0 Å². The van der Waals surface area contributed by atoms with Crippen molar-refractivity contribution >= 4 is 23.2 Å². The molecule has 0 radical (unpaired) electrons. The average molecular weight is 446 g/mol. The molecule has 0 atom stereocenters. The van der Waals surface area contributed by atoms with E-state index in [9.17, 15) is 9.90 Å². The van der Waals surface area contributed by atoms with Gasteiger partial charge in [-0.15, -0.1) is 0 Å². The van der Waals surface area contributed by atoms with E-state index in [2.05, 4.69) is 12.2 Å². The Morgan fingerprint density at radius 3 is 2.29 bits per heavy atom. The Labute approximate surface area is 192 Å². The summed E-state index contributed by atoms with van der Waals surface area (Å²) in [5.74, 6) is 0.150. The number of benzene rings is 2. The first-order valence-electron chi connectivity index (χ1n) is 11.5. The second kappa shape index (κ2) is 14.0. The lowest BCUT2D eigenvalue weighted by Gasteiger charge is -2.12. The number of nitrogens with one attached hydrogen (secondary N) is 1. The largest absolute Gasteiger partial charge is 0.506 e. The molecule has 1 amide bonds. The maximum Gasteiger partial charge on any atom is 0.257 e. The third kappa shape index (κ3) is 8.82. The minimum absolute atomic E-state index is 0.0171. The highest BCUT2D eigenvalue weighted by Gasteiger charge is 2.16. The monoisotopic (exact) mass is 445 g/mol. The van der Waals surface area contributed by atoms with Gasteiger partial charge in [0.1, 0.15) is 11.5 Å². The molecular formula is C26H36ClNO3. The quantitative estimate of drug-likeness (QED) is 0.229. The summed E-state index contributed by atoms with van der Waals surface area (Å²) >= 11 is 6.43. The Balaban J connectivity index is 1.74. The van der Waals surface area contributed by atoms with E-state index >= 15 is 0 Å². The molecule has 0 fully saturated rings. The fourth-order valence-electron chi connectivity index (χ4n) is 3.51. The van der Waals surface area contributed by atoms with Crippen molar-refractivity contribution in [1.29, 1.82) is 0 Å². The summed E-state index contributed by atoms with van der Waals surface area (Å²) in [6.45, 7) is 4.72. The van der Waals surface area contributed by atoms with Crippen LogP contribution in [0, 0.1) is 6.92 Å². The Hall–Kier alpha value is -2.20. The van der Waals surface area contributed by atoms with Crippen molar-refractivity contribution in [2.24, 2.45) is 0 Å². The molecule has 31 heavy (non-hydrogen) atoms. The van der Waals surface area contributed by atoms with Crippen LogP contribution in [0.2, 0.25) is 5.02 Å². The molecule has 0 aliphatic carbocycles. The number of phenols is 1. The van der Waals surface area contributed by atoms with Crippen LogP contribution >= 0.6 is 11.6 Å². The Morgan fingerprint density at radius 2 is 1.61 bits per heavy atom. The molecule has 0 unspecified atom stereocenters.